The van der Waals surface area contributed by atoms with Crippen LogP contribution in [0.15, 0.2) is 47.3 Å². The number of halogens is 4. The van der Waals surface area contributed by atoms with Gasteiger partial charge in [0, 0.05) is 5.02 Å². The molecule has 0 bridgehead atoms. The lowest BCUT2D eigenvalue weighted by atomic mass is 10.2. The predicted octanol–water partition coefficient (Wildman–Crippen LogP) is 3.99. The number of imidazole rings is 1. The van der Waals surface area contributed by atoms with E-state index in [2.05, 4.69) is 4.98 Å². The van der Waals surface area contributed by atoms with Crippen molar-refractivity contribution >= 4 is 22.6 Å². The second-order valence-corrected chi connectivity index (χ2v) is 4.91. The highest BCUT2D eigenvalue weighted by molar-refractivity contribution is 6.31. The number of rotatable bonds is 1. The molecule has 3 nitrogen and oxygen atoms in total. The summed E-state index contributed by atoms with van der Waals surface area (Å²) in [7, 11) is 0. The Morgan fingerprint density at radius 3 is 2.33 bits per heavy atom. The second kappa shape index (κ2) is 4.66. The van der Waals surface area contributed by atoms with Gasteiger partial charge in [-0.2, -0.15) is 13.2 Å². The highest BCUT2D eigenvalue weighted by atomic mass is 35.5. The summed E-state index contributed by atoms with van der Waals surface area (Å²) in [5.41, 5.74) is 0.197. The largest absolute Gasteiger partial charge is 0.416 e. The van der Waals surface area contributed by atoms with E-state index < -0.39 is 17.4 Å². The lowest BCUT2D eigenvalue weighted by Gasteiger charge is -2.08. The summed E-state index contributed by atoms with van der Waals surface area (Å²) in [6, 6.07) is 9.20. The van der Waals surface area contributed by atoms with Gasteiger partial charge in [0.25, 0.3) is 0 Å². The Morgan fingerprint density at radius 2 is 1.71 bits per heavy atom. The van der Waals surface area contributed by atoms with Gasteiger partial charge in [-0.25, -0.2) is 4.79 Å². The third kappa shape index (κ3) is 2.42. The summed E-state index contributed by atoms with van der Waals surface area (Å²) in [6.07, 6.45) is -4.41. The van der Waals surface area contributed by atoms with Crippen molar-refractivity contribution in [1.82, 2.24) is 9.55 Å². The molecule has 1 aromatic heterocycles. The van der Waals surface area contributed by atoms with Crippen molar-refractivity contribution in [2.45, 2.75) is 6.18 Å². The first-order valence-corrected chi connectivity index (χ1v) is 6.32. The van der Waals surface area contributed by atoms with Crippen molar-refractivity contribution in [2.75, 3.05) is 0 Å². The maximum atomic E-state index is 12.6. The zero-order valence-corrected chi connectivity index (χ0v) is 11.2. The van der Waals surface area contributed by atoms with Crippen molar-refractivity contribution in [2.24, 2.45) is 0 Å². The van der Waals surface area contributed by atoms with Crippen molar-refractivity contribution < 1.29 is 13.2 Å². The number of aromatic nitrogens is 2. The fourth-order valence-electron chi connectivity index (χ4n) is 2.13. The highest BCUT2D eigenvalue weighted by Gasteiger charge is 2.30. The molecule has 0 aliphatic rings. The highest BCUT2D eigenvalue weighted by Crippen LogP contribution is 2.30. The molecule has 0 saturated carbocycles. The molecule has 0 spiro atoms. The molecule has 7 heteroatoms. The van der Waals surface area contributed by atoms with E-state index in [0.717, 1.165) is 12.1 Å². The fourth-order valence-corrected chi connectivity index (χ4v) is 2.30. The Kier molecular flexibility index (Phi) is 3.06. The molecule has 1 N–H and O–H groups in total. The van der Waals surface area contributed by atoms with Crippen LogP contribution in [0.2, 0.25) is 5.02 Å². The summed E-state index contributed by atoms with van der Waals surface area (Å²) in [6.45, 7) is 0. The summed E-state index contributed by atoms with van der Waals surface area (Å²) in [5.74, 6) is 0. The van der Waals surface area contributed by atoms with E-state index in [0.29, 0.717) is 21.7 Å². The van der Waals surface area contributed by atoms with Gasteiger partial charge in [0.2, 0.25) is 0 Å². The normalized spacial score (nSPS) is 12.0. The molecule has 0 amide bonds. The summed E-state index contributed by atoms with van der Waals surface area (Å²) >= 11 is 5.89. The van der Waals surface area contributed by atoms with Crippen molar-refractivity contribution in [1.29, 1.82) is 0 Å². The number of nitrogens with zero attached hydrogens (tertiary/aromatic N) is 1. The lowest BCUT2D eigenvalue weighted by molar-refractivity contribution is -0.137. The van der Waals surface area contributed by atoms with E-state index in [1.54, 1.807) is 18.2 Å². The van der Waals surface area contributed by atoms with Gasteiger partial charge < -0.3 is 4.98 Å². The standard InChI is InChI=1S/C14H8ClF3N2O/c15-9-3-6-11-12(7-9)20(13(21)19-11)10-4-1-8(2-5-10)14(16,17)18/h1-7H,(H,19,21). The molecule has 108 valence electrons. The van der Waals surface area contributed by atoms with Crippen LogP contribution < -0.4 is 5.69 Å². The third-order valence-electron chi connectivity index (χ3n) is 3.10. The molecule has 0 unspecified atom stereocenters. The topological polar surface area (TPSA) is 37.8 Å². The Hall–Kier alpha value is -2.21. The first-order chi connectivity index (χ1) is 9.86. The Balaban J connectivity index is 2.19. The van der Waals surface area contributed by atoms with E-state index in [1.807, 2.05) is 0 Å². The zero-order valence-electron chi connectivity index (χ0n) is 10.4. The molecule has 0 aliphatic carbocycles. The lowest BCUT2D eigenvalue weighted by Crippen LogP contribution is -2.15. The van der Waals surface area contributed by atoms with E-state index in [9.17, 15) is 18.0 Å². The summed E-state index contributed by atoms with van der Waals surface area (Å²) < 4.78 is 38.9. The summed E-state index contributed by atoms with van der Waals surface area (Å²) in [4.78, 5) is 14.6. The van der Waals surface area contributed by atoms with Crippen molar-refractivity contribution in [3.05, 3.63) is 63.5 Å². The molecule has 3 aromatic rings. The van der Waals surface area contributed by atoms with Gasteiger partial charge in [-0.1, -0.05) is 11.6 Å². The minimum absolute atomic E-state index is 0.335. The predicted molar refractivity (Wildman–Crippen MR) is 73.9 cm³/mol. The Morgan fingerprint density at radius 1 is 1.05 bits per heavy atom. The monoisotopic (exact) mass is 312 g/mol. The number of hydrogen-bond acceptors (Lipinski definition) is 1. The maximum Gasteiger partial charge on any atom is 0.416 e. The first-order valence-electron chi connectivity index (χ1n) is 5.94. The third-order valence-corrected chi connectivity index (χ3v) is 3.33. The van der Waals surface area contributed by atoms with Crippen LogP contribution in [0.25, 0.3) is 16.7 Å². The molecular weight excluding hydrogens is 305 g/mol. The molecule has 2 aromatic carbocycles. The average Bonchev–Trinajstić information content (AvgIpc) is 2.73. The van der Waals surface area contributed by atoms with Crippen LogP contribution >= 0.6 is 11.6 Å². The molecule has 0 aliphatic heterocycles. The van der Waals surface area contributed by atoms with Gasteiger partial charge in [0.15, 0.2) is 0 Å². The number of aromatic amines is 1. The van der Waals surface area contributed by atoms with Crippen LogP contribution in [-0.2, 0) is 6.18 Å². The van der Waals surface area contributed by atoms with E-state index >= 15 is 0 Å². The first kappa shape index (κ1) is 13.8. The molecule has 3 rings (SSSR count). The number of benzene rings is 2. The number of nitrogens with one attached hydrogen (secondary N) is 1. The van der Waals surface area contributed by atoms with Crippen molar-refractivity contribution in [3.8, 4) is 5.69 Å². The van der Waals surface area contributed by atoms with E-state index in [-0.39, 0.29) is 0 Å². The van der Waals surface area contributed by atoms with Crippen LogP contribution in [0.1, 0.15) is 5.56 Å². The number of hydrogen-bond donors (Lipinski definition) is 1. The van der Waals surface area contributed by atoms with Crippen LogP contribution in [0.3, 0.4) is 0 Å². The van der Waals surface area contributed by atoms with Gasteiger partial charge in [0.05, 0.1) is 22.3 Å². The molecule has 1 heterocycles. The maximum absolute atomic E-state index is 12.6. The summed E-state index contributed by atoms with van der Waals surface area (Å²) in [5, 5.41) is 0.433. The smallest absolute Gasteiger partial charge is 0.305 e. The Labute approximate surface area is 121 Å². The average molecular weight is 313 g/mol. The second-order valence-electron chi connectivity index (χ2n) is 4.47. The van der Waals surface area contributed by atoms with Gasteiger partial charge in [0.1, 0.15) is 0 Å². The van der Waals surface area contributed by atoms with Crippen LogP contribution in [0.4, 0.5) is 13.2 Å². The molecule has 0 saturated heterocycles. The molecule has 0 radical (unpaired) electrons. The van der Waals surface area contributed by atoms with Gasteiger partial charge in [-0.05, 0) is 42.5 Å². The molecule has 0 atom stereocenters. The van der Waals surface area contributed by atoms with E-state index in [1.165, 1.54) is 16.7 Å². The van der Waals surface area contributed by atoms with Gasteiger partial charge >= 0.3 is 11.9 Å². The minimum atomic E-state index is -4.41. The zero-order chi connectivity index (χ0) is 15.2. The van der Waals surface area contributed by atoms with Gasteiger partial charge in [-0.15, -0.1) is 0 Å². The number of fused-ring (bicyclic) bond motifs is 1. The molecular formula is C14H8ClF3N2O. The minimum Gasteiger partial charge on any atom is -0.305 e. The van der Waals surface area contributed by atoms with Crippen LogP contribution in [0.5, 0.6) is 0 Å². The quantitative estimate of drug-likeness (QED) is 0.725. The number of H-pyrrole nitrogens is 1. The van der Waals surface area contributed by atoms with Crippen LogP contribution in [-0.4, -0.2) is 9.55 Å². The van der Waals surface area contributed by atoms with Crippen molar-refractivity contribution in [3.63, 3.8) is 0 Å². The molecule has 21 heavy (non-hydrogen) atoms. The van der Waals surface area contributed by atoms with E-state index in [4.69, 9.17) is 11.6 Å². The number of alkyl halides is 3. The van der Waals surface area contributed by atoms with Gasteiger partial charge in [-0.3, -0.25) is 4.57 Å². The SMILES string of the molecule is O=c1[nH]c2ccc(Cl)cc2n1-c1ccc(C(F)(F)F)cc1. The molecule has 0 fully saturated rings. The Bertz CT molecular complexity index is 863. The van der Waals surface area contributed by atoms with Crippen LogP contribution in [0, 0.1) is 0 Å². The fraction of sp³-hybridized carbons (Fsp3) is 0.0714.